The number of furan rings is 1. The van der Waals surface area contributed by atoms with Gasteiger partial charge in [-0.3, -0.25) is 0 Å². The number of aryl methyl sites for hydroxylation is 1. The van der Waals surface area contributed by atoms with Gasteiger partial charge in [-0.2, -0.15) is 0 Å². The van der Waals surface area contributed by atoms with E-state index in [4.69, 9.17) is 10.3 Å². The van der Waals surface area contributed by atoms with Crippen molar-refractivity contribution < 1.29 is 4.42 Å². The van der Waals surface area contributed by atoms with E-state index < -0.39 is 0 Å². The minimum Gasteiger partial charge on any atom is -0.468 e. The van der Waals surface area contributed by atoms with Crippen LogP contribution in [-0.2, 0) is 0 Å². The highest BCUT2D eigenvalue weighted by Crippen LogP contribution is 2.31. The van der Waals surface area contributed by atoms with Crippen LogP contribution in [0.25, 0.3) is 11.4 Å². The van der Waals surface area contributed by atoms with Crippen LogP contribution in [0.4, 0.5) is 5.82 Å². The van der Waals surface area contributed by atoms with Gasteiger partial charge < -0.3 is 9.84 Å². The first kappa shape index (κ1) is 13.7. The maximum Gasteiger partial charge on any atom is 0.162 e. The number of anilines is 1. The second-order valence-electron chi connectivity index (χ2n) is 4.37. The molecule has 0 aliphatic carbocycles. The zero-order chi connectivity index (χ0) is 14.7. The minimum absolute atomic E-state index is 0.576. The third-order valence-electron chi connectivity index (χ3n) is 2.91. The number of nitrogens with zero attached hydrogens (tertiary/aromatic N) is 2. The number of hydrogen-bond acceptors (Lipinski definition) is 6. The molecular formula is C15H14N4OS. The number of nitrogens with two attached hydrogens (primary N) is 1. The van der Waals surface area contributed by atoms with Crippen molar-refractivity contribution in [3.8, 4) is 11.4 Å². The number of hydrazine groups is 1. The van der Waals surface area contributed by atoms with Crippen LogP contribution in [0.3, 0.4) is 0 Å². The second-order valence-corrected chi connectivity index (χ2v) is 5.43. The Hall–Kier alpha value is -2.31. The van der Waals surface area contributed by atoms with Crippen LogP contribution in [-0.4, -0.2) is 9.97 Å². The molecule has 5 nitrogen and oxygen atoms in total. The van der Waals surface area contributed by atoms with Crippen LogP contribution in [0, 0.1) is 6.92 Å². The smallest absolute Gasteiger partial charge is 0.162 e. The first-order valence-electron chi connectivity index (χ1n) is 6.39. The van der Waals surface area contributed by atoms with E-state index in [1.807, 2.05) is 49.4 Å². The van der Waals surface area contributed by atoms with Crippen molar-refractivity contribution in [1.29, 1.82) is 0 Å². The van der Waals surface area contributed by atoms with Gasteiger partial charge in [0.25, 0.3) is 0 Å². The van der Waals surface area contributed by atoms with Gasteiger partial charge in [0.15, 0.2) is 5.82 Å². The van der Waals surface area contributed by atoms with Crippen LogP contribution in [0.2, 0.25) is 0 Å². The molecule has 106 valence electrons. The summed E-state index contributed by atoms with van der Waals surface area (Å²) in [6.07, 6.45) is 1.67. The molecule has 6 heteroatoms. The summed E-state index contributed by atoms with van der Waals surface area (Å²) in [5.41, 5.74) is 3.53. The predicted molar refractivity (Wildman–Crippen MR) is 82.8 cm³/mol. The molecule has 0 aliphatic rings. The van der Waals surface area contributed by atoms with E-state index in [0.717, 1.165) is 21.2 Å². The van der Waals surface area contributed by atoms with Gasteiger partial charge in [-0.25, -0.2) is 15.8 Å². The van der Waals surface area contributed by atoms with Crippen molar-refractivity contribution in [1.82, 2.24) is 9.97 Å². The Kier molecular flexibility index (Phi) is 3.89. The lowest BCUT2D eigenvalue weighted by atomic mass is 10.2. The molecule has 2 aromatic heterocycles. The largest absolute Gasteiger partial charge is 0.468 e. The molecule has 3 rings (SSSR count). The Morgan fingerprint density at radius 1 is 1.14 bits per heavy atom. The van der Waals surface area contributed by atoms with Crippen LogP contribution in [0.15, 0.2) is 63.1 Å². The fraction of sp³-hybridized carbons (Fsp3) is 0.0667. The van der Waals surface area contributed by atoms with Crippen molar-refractivity contribution in [3.05, 3.63) is 54.5 Å². The predicted octanol–water partition coefficient (Wildman–Crippen LogP) is 3.48. The van der Waals surface area contributed by atoms with Crippen LogP contribution >= 0.6 is 11.8 Å². The van der Waals surface area contributed by atoms with Gasteiger partial charge in [0.05, 0.1) is 11.2 Å². The summed E-state index contributed by atoms with van der Waals surface area (Å²) in [5, 5.41) is 0.807. The van der Waals surface area contributed by atoms with Gasteiger partial charge in [-0.05, 0) is 13.0 Å². The van der Waals surface area contributed by atoms with Gasteiger partial charge in [0.1, 0.15) is 16.6 Å². The molecule has 21 heavy (non-hydrogen) atoms. The van der Waals surface area contributed by atoms with Gasteiger partial charge in [-0.15, -0.1) is 0 Å². The minimum atomic E-state index is 0.576. The third kappa shape index (κ3) is 3.07. The first-order chi connectivity index (χ1) is 10.3. The standard InChI is InChI=1S/C15H14N4OS/c1-10-12(7-8-20-10)21-14-9-13(19-16)17-15(18-14)11-5-3-2-4-6-11/h2-9H,16H2,1H3,(H,17,18,19). The summed E-state index contributed by atoms with van der Waals surface area (Å²) in [5.74, 6) is 7.57. The zero-order valence-corrected chi connectivity index (χ0v) is 12.2. The fourth-order valence-corrected chi connectivity index (χ4v) is 2.70. The lowest BCUT2D eigenvalue weighted by Crippen LogP contribution is -2.09. The Morgan fingerprint density at radius 3 is 2.62 bits per heavy atom. The van der Waals surface area contributed by atoms with E-state index in [1.165, 1.54) is 11.8 Å². The van der Waals surface area contributed by atoms with E-state index in [9.17, 15) is 0 Å². The maximum absolute atomic E-state index is 5.50. The molecule has 3 aromatic rings. The maximum atomic E-state index is 5.50. The van der Waals surface area contributed by atoms with Crippen LogP contribution in [0.1, 0.15) is 5.76 Å². The van der Waals surface area contributed by atoms with Crippen molar-refractivity contribution >= 4 is 17.6 Å². The molecule has 0 atom stereocenters. The van der Waals surface area contributed by atoms with E-state index in [1.54, 1.807) is 6.26 Å². The monoisotopic (exact) mass is 298 g/mol. The molecule has 0 saturated carbocycles. The molecule has 0 bridgehead atoms. The van der Waals surface area contributed by atoms with Crippen molar-refractivity contribution in [2.24, 2.45) is 5.84 Å². The van der Waals surface area contributed by atoms with Crippen LogP contribution < -0.4 is 11.3 Å². The molecule has 0 amide bonds. The number of benzene rings is 1. The lowest BCUT2D eigenvalue weighted by molar-refractivity contribution is 0.527. The molecule has 1 aromatic carbocycles. The Balaban J connectivity index is 1.99. The van der Waals surface area contributed by atoms with Crippen LogP contribution in [0.5, 0.6) is 0 Å². The third-order valence-corrected chi connectivity index (χ3v) is 3.97. The van der Waals surface area contributed by atoms with E-state index >= 15 is 0 Å². The molecule has 0 aliphatic heterocycles. The number of nitrogens with one attached hydrogen (secondary N) is 1. The Labute approximate surface area is 126 Å². The van der Waals surface area contributed by atoms with Crippen molar-refractivity contribution in [2.45, 2.75) is 16.8 Å². The SMILES string of the molecule is Cc1occc1Sc1cc(NN)nc(-c2ccccc2)n1. The van der Waals surface area contributed by atoms with Gasteiger partial charge in [0, 0.05) is 11.6 Å². The first-order valence-corrected chi connectivity index (χ1v) is 7.21. The summed E-state index contributed by atoms with van der Waals surface area (Å²) in [7, 11) is 0. The molecule has 3 N–H and O–H groups in total. The average molecular weight is 298 g/mol. The van der Waals surface area contributed by atoms with E-state index in [-0.39, 0.29) is 0 Å². The lowest BCUT2D eigenvalue weighted by Gasteiger charge is -2.07. The molecule has 0 saturated heterocycles. The molecular weight excluding hydrogens is 284 g/mol. The fourth-order valence-electron chi connectivity index (χ4n) is 1.86. The highest BCUT2D eigenvalue weighted by Gasteiger charge is 2.10. The topological polar surface area (TPSA) is 77.0 Å². The Morgan fingerprint density at radius 2 is 1.95 bits per heavy atom. The molecule has 0 radical (unpaired) electrons. The summed E-state index contributed by atoms with van der Waals surface area (Å²) >= 11 is 1.52. The number of rotatable bonds is 4. The second kappa shape index (κ2) is 5.99. The van der Waals surface area contributed by atoms with E-state index in [0.29, 0.717) is 11.6 Å². The van der Waals surface area contributed by atoms with Crippen molar-refractivity contribution in [3.63, 3.8) is 0 Å². The normalized spacial score (nSPS) is 10.6. The molecule has 0 fully saturated rings. The molecule has 0 unspecified atom stereocenters. The summed E-state index contributed by atoms with van der Waals surface area (Å²) < 4.78 is 5.30. The van der Waals surface area contributed by atoms with Gasteiger partial charge in [-0.1, -0.05) is 42.1 Å². The van der Waals surface area contributed by atoms with Gasteiger partial charge >= 0.3 is 0 Å². The molecule has 2 heterocycles. The number of aromatic nitrogens is 2. The number of hydrogen-bond donors (Lipinski definition) is 2. The Bertz CT molecular complexity index is 742. The van der Waals surface area contributed by atoms with Crippen molar-refractivity contribution in [2.75, 3.05) is 5.43 Å². The average Bonchev–Trinajstić information content (AvgIpc) is 2.93. The summed E-state index contributed by atoms with van der Waals surface area (Å²) in [6, 6.07) is 13.5. The van der Waals surface area contributed by atoms with E-state index in [2.05, 4.69) is 15.4 Å². The summed E-state index contributed by atoms with van der Waals surface area (Å²) in [4.78, 5) is 10.00. The molecule has 0 spiro atoms. The van der Waals surface area contributed by atoms with Gasteiger partial charge in [0.2, 0.25) is 0 Å². The number of nitrogen functional groups attached to an aromatic ring is 1. The highest BCUT2D eigenvalue weighted by molar-refractivity contribution is 7.99. The summed E-state index contributed by atoms with van der Waals surface area (Å²) in [6.45, 7) is 1.92. The highest BCUT2D eigenvalue weighted by atomic mass is 32.2. The zero-order valence-electron chi connectivity index (χ0n) is 11.4. The quantitative estimate of drug-likeness (QED) is 0.436.